The van der Waals surface area contributed by atoms with Gasteiger partial charge in [-0.1, -0.05) is 15.9 Å². The Balaban J connectivity index is 1.89. The highest BCUT2D eigenvalue weighted by molar-refractivity contribution is 9.10. The third-order valence-corrected chi connectivity index (χ3v) is 4.31. The minimum absolute atomic E-state index is 0.153. The monoisotopic (exact) mass is 344 g/mol. The number of hydrogen-bond donors (Lipinski definition) is 2. The van der Waals surface area contributed by atoms with Crippen molar-refractivity contribution in [3.63, 3.8) is 0 Å². The Bertz CT molecular complexity index is 478. The van der Waals surface area contributed by atoms with Crippen LogP contribution in [0.1, 0.15) is 18.4 Å². The molecule has 0 bridgehead atoms. The van der Waals surface area contributed by atoms with E-state index in [4.69, 9.17) is 10.5 Å². The van der Waals surface area contributed by atoms with Crippen molar-refractivity contribution in [3.8, 4) is 0 Å². The molecule has 1 amide bonds. The van der Waals surface area contributed by atoms with Gasteiger partial charge >= 0.3 is 0 Å². The number of rotatable bonds is 4. The third-order valence-electron chi connectivity index (χ3n) is 3.54. The molecule has 6 heteroatoms. The molecule has 20 heavy (non-hydrogen) atoms. The van der Waals surface area contributed by atoms with Crippen LogP contribution in [0, 0.1) is 11.7 Å². The molecule has 110 valence electrons. The molecule has 0 aromatic heterocycles. The zero-order chi connectivity index (χ0) is 14.5. The maximum absolute atomic E-state index is 13.1. The molecule has 1 saturated heterocycles. The molecule has 1 aromatic rings. The molecule has 1 atom stereocenters. The van der Waals surface area contributed by atoms with Gasteiger partial charge in [0.2, 0.25) is 5.91 Å². The minimum Gasteiger partial charge on any atom is -0.381 e. The predicted octanol–water partition coefficient (Wildman–Crippen LogP) is 1.96. The number of nitrogens with two attached hydrogens (primary N) is 1. The van der Waals surface area contributed by atoms with Crippen molar-refractivity contribution in [3.05, 3.63) is 34.1 Å². The van der Waals surface area contributed by atoms with Gasteiger partial charge < -0.3 is 15.8 Å². The first-order valence-electron chi connectivity index (χ1n) is 6.63. The van der Waals surface area contributed by atoms with E-state index >= 15 is 0 Å². The van der Waals surface area contributed by atoms with Crippen LogP contribution in [0.25, 0.3) is 0 Å². The van der Waals surface area contributed by atoms with E-state index in [0.29, 0.717) is 18.8 Å². The van der Waals surface area contributed by atoms with E-state index in [-0.39, 0.29) is 24.2 Å². The van der Waals surface area contributed by atoms with E-state index < -0.39 is 6.04 Å². The van der Waals surface area contributed by atoms with Gasteiger partial charge in [-0.05, 0) is 42.5 Å². The summed E-state index contributed by atoms with van der Waals surface area (Å²) >= 11 is 3.33. The summed E-state index contributed by atoms with van der Waals surface area (Å²) in [6.45, 7) is 1.57. The summed E-state index contributed by atoms with van der Waals surface area (Å²) in [6.07, 6.45) is 1.61. The lowest BCUT2D eigenvalue weighted by Crippen LogP contribution is -2.46. The van der Waals surface area contributed by atoms with Gasteiger partial charge in [-0.3, -0.25) is 4.79 Å². The van der Waals surface area contributed by atoms with Crippen molar-refractivity contribution < 1.29 is 13.9 Å². The number of carbonyl (C=O) groups excluding carboxylic acids is 1. The maximum Gasteiger partial charge on any atom is 0.237 e. The van der Waals surface area contributed by atoms with E-state index in [9.17, 15) is 9.18 Å². The van der Waals surface area contributed by atoms with Crippen LogP contribution >= 0.6 is 15.9 Å². The normalized spacial score (nSPS) is 17.8. The second-order valence-electron chi connectivity index (χ2n) is 4.93. The van der Waals surface area contributed by atoms with Gasteiger partial charge in [-0.15, -0.1) is 0 Å². The fourth-order valence-corrected chi connectivity index (χ4v) is 2.65. The van der Waals surface area contributed by atoms with Gasteiger partial charge in [0.1, 0.15) is 5.82 Å². The predicted molar refractivity (Wildman–Crippen MR) is 77.5 cm³/mol. The van der Waals surface area contributed by atoms with Crippen molar-refractivity contribution in [2.75, 3.05) is 13.2 Å². The summed E-state index contributed by atoms with van der Waals surface area (Å²) in [5.41, 5.74) is 6.66. The van der Waals surface area contributed by atoms with Gasteiger partial charge in [0, 0.05) is 24.2 Å². The highest BCUT2D eigenvalue weighted by Crippen LogP contribution is 2.19. The molecule has 1 heterocycles. The number of benzene rings is 1. The number of amides is 1. The Kier molecular flexibility index (Phi) is 5.51. The van der Waals surface area contributed by atoms with E-state index in [0.717, 1.165) is 17.3 Å². The molecule has 1 aliphatic rings. The van der Waals surface area contributed by atoms with Crippen molar-refractivity contribution in [1.82, 2.24) is 5.32 Å². The fraction of sp³-hybridized carbons (Fsp3) is 0.500. The Hall–Kier alpha value is -0.980. The highest BCUT2D eigenvalue weighted by atomic mass is 79.9. The van der Waals surface area contributed by atoms with Crippen LogP contribution in [0.2, 0.25) is 0 Å². The largest absolute Gasteiger partial charge is 0.381 e. The standard InChI is InChI=1S/C14H18BrFN2O2/c15-12-2-1-11(16)7-10(12)8-18-14(19)13(17)9-3-5-20-6-4-9/h1-2,7,9,13H,3-6,8,17H2,(H,18,19)/t13-/m1/s1. The lowest BCUT2D eigenvalue weighted by atomic mass is 9.92. The first kappa shape index (κ1) is 15.4. The van der Waals surface area contributed by atoms with Crippen molar-refractivity contribution in [1.29, 1.82) is 0 Å². The quantitative estimate of drug-likeness (QED) is 0.877. The molecule has 1 aliphatic heterocycles. The topological polar surface area (TPSA) is 64.4 Å². The van der Waals surface area contributed by atoms with Crippen LogP contribution in [0.4, 0.5) is 4.39 Å². The lowest BCUT2D eigenvalue weighted by molar-refractivity contribution is -0.124. The van der Waals surface area contributed by atoms with E-state index in [2.05, 4.69) is 21.2 Å². The fourth-order valence-electron chi connectivity index (χ4n) is 2.27. The number of carbonyl (C=O) groups is 1. The average Bonchev–Trinajstić information content (AvgIpc) is 2.48. The Morgan fingerprint density at radius 3 is 2.90 bits per heavy atom. The summed E-state index contributed by atoms with van der Waals surface area (Å²) in [7, 11) is 0. The summed E-state index contributed by atoms with van der Waals surface area (Å²) in [5.74, 6) is -0.376. The number of hydrogen-bond acceptors (Lipinski definition) is 3. The highest BCUT2D eigenvalue weighted by Gasteiger charge is 2.26. The smallest absolute Gasteiger partial charge is 0.237 e. The molecule has 3 N–H and O–H groups in total. The van der Waals surface area contributed by atoms with Crippen molar-refractivity contribution >= 4 is 21.8 Å². The van der Waals surface area contributed by atoms with Gasteiger partial charge in [0.15, 0.2) is 0 Å². The molecule has 0 radical (unpaired) electrons. The minimum atomic E-state index is -0.536. The van der Waals surface area contributed by atoms with Crippen molar-refractivity contribution in [2.45, 2.75) is 25.4 Å². The van der Waals surface area contributed by atoms with Crippen LogP contribution < -0.4 is 11.1 Å². The number of nitrogens with one attached hydrogen (secondary N) is 1. The molecule has 1 aromatic carbocycles. The average molecular weight is 345 g/mol. The van der Waals surface area contributed by atoms with E-state index in [1.807, 2.05) is 0 Å². The zero-order valence-electron chi connectivity index (χ0n) is 11.1. The molecule has 0 aliphatic carbocycles. The second kappa shape index (κ2) is 7.15. The number of ether oxygens (including phenoxy) is 1. The number of halogens is 2. The van der Waals surface area contributed by atoms with Gasteiger partial charge in [0.25, 0.3) is 0 Å². The van der Waals surface area contributed by atoms with Crippen LogP contribution in [-0.4, -0.2) is 25.2 Å². The van der Waals surface area contributed by atoms with E-state index in [1.165, 1.54) is 12.1 Å². The lowest BCUT2D eigenvalue weighted by Gasteiger charge is -2.26. The Labute approximate surface area is 126 Å². The first-order valence-corrected chi connectivity index (χ1v) is 7.42. The maximum atomic E-state index is 13.1. The summed E-state index contributed by atoms with van der Waals surface area (Å²) in [4.78, 5) is 12.0. The summed E-state index contributed by atoms with van der Waals surface area (Å²) in [5, 5.41) is 2.76. The first-order chi connectivity index (χ1) is 9.58. The van der Waals surface area contributed by atoms with Gasteiger partial charge in [-0.25, -0.2) is 4.39 Å². The van der Waals surface area contributed by atoms with Crippen LogP contribution in [0.15, 0.2) is 22.7 Å². The molecule has 0 saturated carbocycles. The Morgan fingerprint density at radius 1 is 1.50 bits per heavy atom. The zero-order valence-corrected chi connectivity index (χ0v) is 12.7. The Morgan fingerprint density at radius 2 is 2.20 bits per heavy atom. The van der Waals surface area contributed by atoms with Gasteiger partial charge in [-0.2, -0.15) is 0 Å². The molecular formula is C14H18BrFN2O2. The van der Waals surface area contributed by atoms with E-state index in [1.54, 1.807) is 6.07 Å². The van der Waals surface area contributed by atoms with Crippen LogP contribution in [-0.2, 0) is 16.1 Å². The summed E-state index contributed by atoms with van der Waals surface area (Å²) < 4.78 is 19.2. The SMILES string of the molecule is N[C@@H](C(=O)NCc1cc(F)ccc1Br)C1CCOCC1. The van der Waals surface area contributed by atoms with Crippen LogP contribution in [0.5, 0.6) is 0 Å². The molecular weight excluding hydrogens is 327 g/mol. The molecule has 0 spiro atoms. The summed E-state index contributed by atoms with van der Waals surface area (Å²) in [6, 6.07) is 3.84. The molecule has 0 unspecified atom stereocenters. The second-order valence-corrected chi connectivity index (χ2v) is 5.78. The van der Waals surface area contributed by atoms with Crippen molar-refractivity contribution in [2.24, 2.45) is 11.7 Å². The van der Waals surface area contributed by atoms with Crippen LogP contribution in [0.3, 0.4) is 0 Å². The third kappa shape index (κ3) is 4.01. The molecule has 4 nitrogen and oxygen atoms in total. The van der Waals surface area contributed by atoms with Gasteiger partial charge in [0.05, 0.1) is 6.04 Å². The molecule has 2 rings (SSSR count). The molecule has 1 fully saturated rings.